The Morgan fingerprint density at radius 2 is 1.32 bits per heavy atom. The Balaban J connectivity index is 1.87. The Morgan fingerprint density at radius 1 is 0.818 bits per heavy atom. The maximum atomic E-state index is 9.52. The van der Waals surface area contributed by atoms with Crippen molar-refractivity contribution in [3.63, 3.8) is 0 Å². The number of hydrogen-bond acceptors (Lipinski definition) is 2. The highest BCUT2D eigenvalue weighted by molar-refractivity contribution is 5.33. The van der Waals surface area contributed by atoms with E-state index in [1.165, 1.54) is 24.0 Å². The zero-order chi connectivity index (χ0) is 15.7. The van der Waals surface area contributed by atoms with Gasteiger partial charge in [-0.3, -0.25) is 0 Å². The molecule has 1 fully saturated rings. The molecule has 0 saturated heterocycles. The van der Waals surface area contributed by atoms with Crippen molar-refractivity contribution in [3.05, 3.63) is 59.7 Å². The lowest BCUT2D eigenvalue weighted by atomic mass is 9.62. The van der Waals surface area contributed by atoms with Crippen molar-refractivity contribution in [3.8, 4) is 11.5 Å². The van der Waals surface area contributed by atoms with Crippen LogP contribution in [0, 0.1) is 5.41 Å². The van der Waals surface area contributed by atoms with Crippen LogP contribution in [-0.2, 0) is 0 Å². The van der Waals surface area contributed by atoms with Gasteiger partial charge < -0.3 is 10.2 Å². The van der Waals surface area contributed by atoms with Crippen LogP contribution in [0.15, 0.2) is 48.5 Å². The van der Waals surface area contributed by atoms with E-state index in [2.05, 4.69) is 26.0 Å². The van der Waals surface area contributed by atoms with E-state index in [1.807, 2.05) is 12.1 Å². The highest BCUT2D eigenvalue weighted by atomic mass is 16.3. The van der Waals surface area contributed by atoms with E-state index in [-0.39, 0.29) is 5.41 Å². The first-order valence-electron chi connectivity index (χ1n) is 8.03. The van der Waals surface area contributed by atoms with Crippen LogP contribution in [0.5, 0.6) is 11.5 Å². The van der Waals surface area contributed by atoms with Gasteiger partial charge in [0.2, 0.25) is 0 Å². The summed E-state index contributed by atoms with van der Waals surface area (Å²) in [5, 5.41) is 19.0. The van der Waals surface area contributed by atoms with Crippen LogP contribution in [-0.4, -0.2) is 10.2 Å². The van der Waals surface area contributed by atoms with E-state index in [0.29, 0.717) is 23.3 Å². The fraction of sp³-hybridized carbons (Fsp3) is 0.400. The van der Waals surface area contributed by atoms with Crippen LogP contribution in [0.2, 0.25) is 0 Å². The summed E-state index contributed by atoms with van der Waals surface area (Å²) in [6, 6.07) is 15.3. The van der Waals surface area contributed by atoms with Gasteiger partial charge in [-0.2, -0.15) is 0 Å². The molecule has 3 rings (SSSR count). The van der Waals surface area contributed by atoms with Gasteiger partial charge in [-0.1, -0.05) is 38.1 Å². The van der Waals surface area contributed by atoms with E-state index in [9.17, 15) is 10.2 Å². The van der Waals surface area contributed by atoms with Crippen molar-refractivity contribution < 1.29 is 10.2 Å². The van der Waals surface area contributed by atoms with E-state index >= 15 is 0 Å². The average Bonchev–Trinajstić information content (AvgIpc) is 2.49. The summed E-state index contributed by atoms with van der Waals surface area (Å²) in [4.78, 5) is 0. The van der Waals surface area contributed by atoms with Crippen LogP contribution in [0.4, 0.5) is 0 Å². The highest BCUT2D eigenvalue weighted by Crippen LogP contribution is 2.51. The van der Waals surface area contributed by atoms with E-state index < -0.39 is 0 Å². The number of hydrogen-bond donors (Lipinski definition) is 2. The summed E-state index contributed by atoms with van der Waals surface area (Å²) in [5.74, 6) is 1.68. The van der Waals surface area contributed by atoms with Gasteiger partial charge in [0.05, 0.1) is 0 Å². The summed E-state index contributed by atoms with van der Waals surface area (Å²) in [6.45, 7) is 4.69. The standard InChI is InChI=1S/C20H24O2/c1-20(2)12-11-16(14-3-7-17(21)8-4-14)13-19(20)15-5-9-18(22)10-6-15/h3-10,16,19,21-22H,11-13H2,1-2H3. The molecule has 0 spiro atoms. The molecule has 2 N–H and O–H groups in total. The number of phenols is 2. The van der Waals surface area contributed by atoms with Gasteiger partial charge >= 0.3 is 0 Å². The summed E-state index contributed by atoms with van der Waals surface area (Å²) < 4.78 is 0. The van der Waals surface area contributed by atoms with Crippen molar-refractivity contribution in [2.24, 2.45) is 5.41 Å². The van der Waals surface area contributed by atoms with E-state index in [1.54, 1.807) is 24.3 Å². The molecule has 2 heteroatoms. The van der Waals surface area contributed by atoms with Crippen LogP contribution < -0.4 is 0 Å². The molecule has 0 bridgehead atoms. The maximum Gasteiger partial charge on any atom is 0.115 e. The second kappa shape index (κ2) is 5.68. The molecule has 2 unspecified atom stereocenters. The van der Waals surface area contributed by atoms with Crippen molar-refractivity contribution >= 4 is 0 Å². The molecule has 2 aromatic rings. The van der Waals surface area contributed by atoms with Gasteiger partial charge in [-0.15, -0.1) is 0 Å². The molecule has 0 heterocycles. The first-order valence-corrected chi connectivity index (χ1v) is 8.03. The van der Waals surface area contributed by atoms with Crippen LogP contribution in [0.1, 0.15) is 56.1 Å². The molecule has 116 valence electrons. The van der Waals surface area contributed by atoms with Crippen molar-refractivity contribution in [2.75, 3.05) is 0 Å². The maximum absolute atomic E-state index is 9.52. The van der Waals surface area contributed by atoms with Gasteiger partial charge in [-0.05, 0) is 71.9 Å². The van der Waals surface area contributed by atoms with Crippen molar-refractivity contribution in [1.82, 2.24) is 0 Å². The zero-order valence-electron chi connectivity index (χ0n) is 13.3. The Labute approximate surface area is 132 Å². The molecule has 2 atom stereocenters. The second-order valence-electron chi connectivity index (χ2n) is 7.20. The molecule has 2 aromatic carbocycles. The Bertz CT molecular complexity index is 626. The fourth-order valence-corrected chi connectivity index (χ4v) is 3.79. The topological polar surface area (TPSA) is 40.5 Å². The van der Waals surface area contributed by atoms with E-state index in [0.717, 1.165) is 6.42 Å². The first-order chi connectivity index (χ1) is 10.5. The predicted octanol–water partition coefficient (Wildman–Crippen LogP) is 5.18. The summed E-state index contributed by atoms with van der Waals surface area (Å²) >= 11 is 0. The van der Waals surface area contributed by atoms with Gasteiger partial charge in [0, 0.05) is 0 Å². The van der Waals surface area contributed by atoms with Crippen molar-refractivity contribution in [2.45, 2.75) is 44.9 Å². The normalized spacial score (nSPS) is 24.1. The van der Waals surface area contributed by atoms with Crippen LogP contribution in [0.3, 0.4) is 0 Å². The molecule has 1 aliphatic rings. The number of aromatic hydroxyl groups is 2. The monoisotopic (exact) mass is 296 g/mol. The lowest BCUT2D eigenvalue weighted by Crippen LogP contribution is -2.29. The number of rotatable bonds is 2. The lowest BCUT2D eigenvalue weighted by molar-refractivity contribution is 0.181. The summed E-state index contributed by atoms with van der Waals surface area (Å²) in [7, 11) is 0. The lowest BCUT2D eigenvalue weighted by Gasteiger charge is -2.43. The average molecular weight is 296 g/mol. The van der Waals surface area contributed by atoms with Gasteiger partial charge in [0.25, 0.3) is 0 Å². The predicted molar refractivity (Wildman–Crippen MR) is 89.3 cm³/mol. The third-order valence-corrected chi connectivity index (χ3v) is 5.26. The molecule has 0 aromatic heterocycles. The van der Waals surface area contributed by atoms with Crippen LogP contribution >= 0.6 is 0 Å². The summed E-state index contributed by atoms with van der Waals surface area (Å²) in [6.07, 6.45) is 3.49. The molecule has 22 heavy (non-hydrogen) atoms. The SMILES string of the molecule is CC1(C)CCC(c2ccc(O)cc2)CC1c1ccc(O)cc1. The van der Waals surface area contributed by atoms with Gasteiger partial charge in [0.15, 0.2) is 0 Å². The minimum Gasteiger partial charge on any atom is -0.508 e. The molecule has 0 radical (unpaired) electrons. The first kappa shape index (κ1) is 15.0. The third-order valence-electron chi connectivity index (χ3n) is 5.26. The number of phenolic OH excluding ortho intramolecular Hbond substituents is 2. The minimum absolute atomic E-state index is 0.268. The molecule has 1 saturated carbocycles. The smallest absolute Gasteiger partial charge is 0.115 e. The Hall–Kier alpha value is -1.96. The third kappa shape index (κ3) is 2.96. The highest BCUT2D eigenvalue weighted by Gasteiger charge is 2.37. The zero-order valence-corrected chi connectivity index (χ0v) is 13.3. The fourth-order valence-electron chi connectivity index (χ4n) is 3.79. The largest absolute Gasteiger partial charge is 0.508 e. The molecular weight excluding hydrogens is 272 g/mol. The number of benzene rings is 2. The Morgan fingerprint density at radius 3 is 1.86 bits per heavy atom. The second-order valence-corrected chi connectivity index (χ2v) is 7.20. The van der Waals surface area contributed by atoms with Gasteiger partial charge in [-0.25, -0.2) is 0 Å². The van der Waals surface area contributed by atoms with Crippen molar-refractivity contribution in [1.29, 1.82) is 0 Å². The minimum atomic E-state index is 0.268. The Kier molecular flexibility index (Phi) is 3.86. The molecule has 1 aliphatic carbocycles. The van der Waals surface area contributed by atoms with E-state index in [4.69, 9.17) is 0 Å². The molecule has 2 nitrogen and oxygen atoms in total. The van der Waals surface area contributed by atoms with Gasteiger partial charge in [0.1, 0.15) is 11.5 Å². The molecule has 0 aliphatic heterocycles. The molecule has 0 amide bonds. The van der Waals surface area contributed by atoms with Crippen LogP contribution in [0.25, 0.3) is 0 Å². The quantitative estimate of drug-likeness (QED) is 0.802. The summed E-state index contributed by atoms with van der Waals surface area (Å²) in [5.41, 5.74) is 2.90. The molecular formula is C20H24O2.